The van der Waals surface area contributed by atoms with E-state index in [1.54, 1.807) is 12.4 Å². The van der Waals surface area contributed by atoms with Crippen molar-refractivity contribution in [1.29, 1.82) is 0 Å². The van der Waals surface area contributed by atoms with Gasteiger partial charge in [-0.15, -0.1) is 6.20 Å². The van der Waals surface area contributed by atoms with Gasteiger partial charge in [-0.05, 0) is 46.2 Å². The van der Waals surface area contributed by atoms with Gasteiger partial charge in [0, 0.05) is 30.9 Å². The molecule has 2 aliphatic heterocycles. The first-order valence-corrected chi connectivity index (χ1v) is 9.83. The number of nitrogens with one attached hydrogen (secondary N) is 1. The van der Waals surface area contributed by atoms with E-state index in [0.717, 1.165) is 37.5 Å². The number of hydrogen-bond acceptors (Lipinski definition) is 7. The number of piperidine rings is 1. The second kappa shape index (κ2) is 9.65. The Bertz CT molecular complexity index is 863. The number of imidazole rings is 1. The maximum Gasteiger partial charge on any atom is 1.00 e. The Morgan fingerprint density at radius 2 is 2.03 bits per heavy atom. The van der Waals surface area contributed by atoms with Crippen LogP contribution in [-0.4, -0.2) is 57.9 Å². The molecule has 0 aliphatic carbocycles. The number of ether oxygens (including phenoxy) is 2. The van der Waals surface area contributed by atoms with Crippen molar-refractivity contribution in [3.63, 3.8) is 0 Å². The van der Waals surface area contributed by atoms with Gasteiger partial charge in [-0.1, -0.05) is 0 Å². The number of fused-ring (bicyclic) bond motifs is 1. The molecule has 160 valence electrons. The Morgan fingerprint density at radius 1 is 1.33 bits per heavy atom. The van der Waals surface area contributed by atoms with Crippen molar-refractivity contribution in [2.45, 2.75) is 58.3 Å². The van der Waals surface area contributed by atoms with E-state index < -0.39 is 5.60 Å². The number of carbonyl (C=O) groups is 1. The fraction of sp³-hybridized carbons (Fsp3) is 0.650. The molecule has 2 aromatic rings. The summed E-state index contributed by atoms with van der Waals surface area (Å²) in [4.78, 5) is 23.4. The van der Waals surface area contributed by atoms with Crippen LogP contribution in [-0.2, 0) is 23.0 Å². The van der Waals surface area contributed by atoms with Crippen molar-refractivity contribution >= 4 is 31.2 Å². The van der Waals surface area contributed by atoms with E-state index in [-0.39, 0.29) is 66.7 Å². The van der Waals surface area contributed by atoms with E-state index >= 15 is 0 Å². The minimum atomic E-state index is -0.518. The SMILES string of the molecule is C[C@@H]1OCC2(CCN(c3nc[c-]c4nccn34)CC2)[C@@H]1NC(=O)OC(C)(C)C.[Na+].[SH-]. The number of carbonyl (C=O) groups excluding carboxylic acids is 1. The molecule has 1 spiro atoms. The third kappa shape index (κ3) is 5.07. The molecule has 4 rings (SSSR count). The molecule has 0 bridgehead atoms. The summed E-state index contributed by atoms with van der Waals surface area (Å²) in [5.74, 6) is 0.879. The standard InChI is InChI=1S/C20H28N5O3.Na.H2S/c1-14-16(23-18(26)28-19(2,3)4)20(13-27-14)6-10-24(11-7-20)17-22-8-5-15-21-9-12-25(15)17;;/h8-9,12,14,16H,6-7,10-11,13H2,1-4H3,(H,23,26);;1H2/q-1;+1;/p-1/t14-,16+;;/m0../s1. The molecule has 1 amide bonds. The van der Waals surface area contributed by atoms with Crippen molar-refractivity contribution in [2.75, 3.05) is 24.6 Å². The minimum Gasteiger partial charge on any atom is -0.813 e. The molecule has 0 radical (unpaired) electrons. The fourth-order valence-electron chi connectivity index (χ4n) is 4.31. The first kappa shape index (κ1) is 25.3. The van der Waals surface area contributed by atoms with E-state index in [0.29, 0.717) is 6.61 Å². The Kier molecular flexibility index (Phi) is 8.12. The van der Waals surface area contributed by atoms with Gasteiger partial charge in [0.1, 0.15) is 5.60 Å². The maximum absolute atomic E-state index is 12.4. The van der Waals surface area contributed by atoms with Crippen LogP contribution in [0.3, 0.4) is 0 Å². The van der Waals surface area contributed by atoms with Crippen LogP contribution in [0.25, 0.3) is 5.65 Å². The second-order valence-corrected chi connectivity index (χ2v) is 8.81. The Labute approximate surface area is 206 Å². The largest absolute Gasteiger partial charge is 1.00 e. The molecule has 2 aromatic heterocycles. The summed E-state index contributed by atoms with van der Waals surface area (Å²) in [6.07, 6.45) is 6.75. The van der Waals surface area contributed by atoms with Crippen LogP contribution in [0.5, 0.6) is 0 Å². The quantitative estimate of drug-likeness (QED) is 0.281. The van der Waals surface area contributed by atoms with E-state index in [9.17, 15) is 4.79 Å². The molecular weight excluding hydrogens is 413 g/mol. The topological polar surface area (TPSA) is 81.0 Å². The molecule has 4 heterocycles. The van der Waals surface area contributed by atoms with E-state index in [2.05, 4.69) is 26.3 Å². The molecule has 10 heteroatoms. The average Bonchev–Trinajstić information content (AvgIpc) is 3.22. The number of thiol groups is 1. The Morgan fingerprint density at radius 3 is 2.70 bits per heavy atom. The number of amides is 1. The van der Waals surface area contributed by atoms with Crippen LogP contribution in [0.2, 0.25) is 0 Å². The zero-order valence-electron chi connectivity index (χ0n) is 18.4. The van der Waals surface area contributed by atoms with Crippen LogP contribution in [0.4, 0.5) is 10.7 Å². The number of alkyl carbamates (subject to hydrolysis) is 1. The van der Waals surface area contributed by atoms with Crippen molar-refractivity contribution < 1.29 is 43.8 Å². The molecule has 0 unspecified atom stereocenters. The number of rotatable bonds is 2. The first-order chi connectivity index (χ1) is 13.3. The molecule has 2 aliphatic rings. The van der Waals surface area contributed by atoms with Gasteiger partial charge in [0.2, 0.25) is 5.95 Å². The van der Waals surface area contributed by atoms with Crippen molar-refractivity contribution in [1.82, 2.24) is 19.7 Å². The molecule has 2 atom stereocenters. The smallest absolute Gasteiger partial charge is 0.813 e. The summed E-state index contributed by atoms with van der Waals surface area (Å²) in [5, 5.41) is 3.09. The summed E-state index contributed by atoms with van der Waals surface area (Å²) in [6.45, 7) is 9.97. The molecule has 0 saturated carbocycles. The second-order valence-electron chi connectivity index (χ2n) is 8.81. The zero-order valence-corrected chi connectivity index (χ0v) is 21.3. The van der Waals surface area contributed by atoms with Gasteiger partial charge in [0.25, 0.3) is 0 Å². The third-order valence-corrected chi connectivity index (χ3v) is 5.71. The number of aromatic nitrogens is 3. The van der Waals surface area contributed by atoms with Crippen molar-refractivity contribution in [3.8, 4) is 0 Å². The molecule has 2 saturated heterocycles. The number of anilines is 1. The Balaban J connectivity index is 0.00000160. The van der Waals surface area contributed by atoms with Gasteiger partial charge >= 0.3 is 35.7 Å². The molecule has 0 aromatic carbocycles. The summed E-state index contributed by atoms with van der Waals surface area (Å²) in [6, 6.07) is 2.98. The summed E-state index contributed by atoms with van der Waals surface area (Å²) < 4.78 is 13.4. The van der Waals surface area contributed by atoms with Gasteiger partial charge in [0.05, 0.1) is 18.8 Å². The van der Waals surface area contributed by atoms with Gasteiger partial charge in [-0.25, -0.2) is 4.79 Å². The van der Waals surface area contributed by atoms with Crippen LogP contribution >= 0.6 is 0 Å². The van der Waals surface area contributed by atoms with Crippen LogP contribution in [0, 0.1) is 11.5 Å². The zero-order chi connectivity index (χ0) is 19.9. The monoisotopic (exact) mass is 442 g/mol. The Hall–Kier alpha value is -1.00. The van der Waals surface area contributed by atoms with Crippen LogP contribution < -0.4 is 39.8 Å². The van der Waals surface area contributed by atoms with E-state index in [4.69, 9.17) is 9.47 Å². The molecule has 2 fully saturated rings. The van der Waals surface area contributed by atoms with Gasteiger partial charge in [0.15, 0.2) is 0 Å². The average molecular weight is 443 g/mol. The molecular formula is C20H29N5NaO3S-. The predicted molar refractivity (Wildman–Crippen MR) is 113 cm³/mol. The third-order valence-electron chi connectivity index (χ3n) is 5.71. The fourth-order valence-corrected chi connectivity index (χ4v) is 4.31. The number of nitrogens with zero attached hydrogens (tertiary/aromatic N) is 4. The van der Waals surface area contributed by atoms with Crippen molar-refractivity contribution in [2.24, 2.45) is 5.41 Å². The van der Waals surface area contributed by atoms with E-state index in [1.807, 2.05) is 38.3 Å². The number of hydrogen-bond donors (Lipinski definition) is 1. The molecule has 30 heavy (non-hydrogen) atoms. The van der Waals surface area contributed by atoms with Gasteiger partial charge < -0.3 is 43.7 Å². The van der Waals surface area contributed by atoms with Gasteiger partial charge in [-0.2, -0.15) is 0 Å². The maximum atomic E-state index is 12.4. The summed E-state index contributed by atoms with van der Waals surface area (Å²) >= 11 is 0. The minimum absolute atomic E-state index is 0. The molecule has 1 N–H and O–H groups in total. The summed E-state index contributed by atoms with van der Waals surface area (Å²) in [5.41, 5.74) is 0.171. The normalized spacial score (nSPS) is 23.0. The van der Waals surface area contributed by atoms with Crippen LogP contribution in [0.1, 0.15) is 40.5 Å². The van der Waals surface area contributed by atoms with Crippen LogP contribution in [0.15, 0.2) is 18.6 Å². The van der Waals surface area contributed by atoms with E-state index in [1.165, 1.54) is 0 Å². The predicted octanol–water partition coefficient (Wildman–Crippen LogP) is -0.838. The molecule has 8 nitrogen and oxygen atoms in total. The van der Waals surface area contributed by atoms with Crippen molar-refractivity contribution in [3.05, 3.63) is 24.7 Å². The summed E-state index contributed by atoms with van der Waals surface area (Å²) in [7, 11) is 0. The first-order valence-electron chi connectivity index (χ1n) is 9.83. The van der Waals surface area contributed by atoms with Gasteiger partial charge in [-0.3, -0.25) is 9.97 Å².